The largest absolute Gasteiger partial charge is 0.481 e. The molecule has 8 nitrogen and oxygen atoms in total. The van der Waals surface area contributed by atoms with Gasteiger partial charge in [0.15, 0.2) is 0 Å². The second kappa shape index (κ2) is 8.66. The van der Waals surface area contributed by atoms with E-state index in [-0.39, 0.29) is 24.4 Å². The first-order valence-corrected chi connectivity index (χ1v) is 8.59. The number of urea groups is 1. The fraction of sp³-hybridized carbons (Fsp3) is 0.500. The monoisotopic (exact) mass is 363 g/mol. The van der Waals surface area contributed by atoms with Crippen LogP contribution in [0, 0.1) is 0 Å². The van der Waals surface area contributed by atoms with Crippen molar-refractivity contribution in [1.82, 2.24) is 10.6 Å². The molecule has 1 aromatic carbocycles. The molecule has 0 spiro atoms. The van der Waals surface area contributed by atoms with Crippen molar-refractivity contribution in [3.8, 4) is 0 Å². The SMILES string of the molecule is CC(C)NC(=O)Nc1ccc(C(=O)NC2(CC(=O)O)CCOCC2)cc1. The molecular weight excluding hydrogens is 338 g/mol. The number of carbonyl (C=O) groups is 3. The molecule has 4 N–H and O–H groups in total. The Labute approximate surface area is 152 Å². The molecule has 1 saturated heterocycles. The molecule has 1 aliphatic heterocycles. The molecule has 0 bridgehead atoms. The van der Waals surface area contributed by atoms with E-state index in [9.17, 15) is 14.4 Å². The van der Waals surface area contributed by atoms with Crippen molar-refractivity contribution in [2.45, 2.75) is 44.7 Å². The van der Waals surface area contributed by atoms with E-state index >= 15 is 0 Å². The average molecular weight is 363 g/mol. The van der Waals surface area contributed by atoms with Crippen LogP contribution in [0.4, 0.5) is 10.5 Å². The number of rotatable bonds is 6. The van der Waals surface area contributed by atoms with E-state index in [1.807, 2.05) is 13.8 Å². The lowest BCUT2D eigenvalue weighted by atomic mass is 9.86. The Kier molecular flexibility index (Phi) is 6.57. The van der Waals surface area contributed by atoms with Crippen LogP contribution < -0.4 is 16.0 Å². The molecule has 2 rings (SSSR count). The summed E-state index contributed by atoms with van der Waals surface area (Å²) in [5.74, 6) is -1.30. The summed E-state index contributed by atoms with van der Waals surface area (Å²) in [7, 11) is 0. The number of ether oxygens (including phenoxy) is 1. The number of carboxylic acid groups (broad SMARTS) is 1. The molecule has 26 heavy (non-hydrogen) atoms. The van der Waals surface area contributed by atoms with Gasteiger partial charge < -0.3 is 25.8 Å². The zero-order chi connectivity index (χ0) is 19.2. The highest BCUT2D eigenvalue weighted by Crippen LogP contribution is 2.25. The first-order chi connectivity index (χ1) is 12.3. The summed E-state index contributed by atoms with van der Waals surface area (Å²) >= 11 is 0. The van der Waals surface area contributed by atoms with Crippen molar-refractivity contribution in [3.63, 3.8) is 0 Å². The molecule has 0 aliphatic carbocycles. The summed E-state index contributed by atoms with van der Waals surface area (Å²) in [6, 6.07) is 6.14. The summed E-state index contributed by atoms with van der Waals surface area (Å²) < 4.78 is 5.28. The first-order valence-electron chi connectivity index (χ1n) is 8.59. The van der Waals surface area contributed by atoms with E-state index in [4.69, 9.17) is 9.84 Å². The molecule has 1 aliphatic rings. The van der Waals surface area contributed by atoms with Crippen LogP contribution in [-0.2, 0) is 9.53 Å². The number of aliphatic carboxylic acids is 1. The lowest BCUT2D eigenvalue weighted by Gasteiger charge is -2.36. The van der Waals surface area contributed by atoms with Crippen molar-refractivity contribution in [2.24, 2.45) is 0 Å². The third-order valence-electron chi connectivity index (χ3n) is 4.14. The Bertz CT molecular complexity index is 651. The van der Waals surface area contributed by atoms with Crippen molar-refractivity contribution in [2.75, 3.05) is 18.5 Å². The second-order valence-corrected chi connectivity index (χ2v) is 6.75. The molecule has 1 fully saturated rings. The Balaban J connectivity index is 2.02. The number of carboxylic acids is 1. The summed E-state index contributed by atoms with van der Waals surface area (Å²) in [6.45, 7) is 4.55. The average Bonchev–Trinajstić information content (AvgIpc) is 2.54. The molecule has 3 amide bonds. The molecular formula is C18H25N3O5. The molecule has 0 unspecified atom stereocenters. The molecule has 8 heteroatoms. The standard InChI is InChI=1S/C18H25N3O5/c1-12(2)19-17(25)20-14-5-3-13(4-6-14)16(24)21-18(11-15(22)23)7-9-26-10-8-18/h3-6,12H,7-11H2,1-2H3,(H,21,24)(H,22,23)(H2,19,20,25). The molecule has 0 radical (unpaired) electrons. The van der Waals surface area contributed by atoms with Crippen LogP contribution in [0.2, 0.25) is 0 Å². The molecule has 1 aromatic rings. The number of anilines is 1. The lowest BCUT2D eigenvalue weighted by Crippen LogP contribution is -2.53. The van der Waals surface area contributed by atoms with Crippen molar-refractivity contribution in [3.05, 3.63) is 29.8 Å². The maximum Gasteiger partial charge on any atom is 0.319 e. The highest BCUT2D eigenvalue weighted by molar-refractivity contribution is 5.96. The van der Waals surface area contributed by atoms with Crippen LogP contribution in [0.25, 0.3) is 0 Å². The highest BCUT2D eigenvalue weighted by atomic mass is 16.5. The highest BCUT2D eigenvalue weighted by Gasteiger charge is 2.36. The molecule has 142 valence electrons. The van der Waals surface area contributed by atoms with Gasteiger partial charge in [0.05, 0.1) is 12.0 Å². The van der Waals surface area contributed by atoms with Crippen LogP contribution in [0.3, 0.4) is 0 Å². The van der Waals surface area contributed by atoms with Gasteiger partial charge in [-0.05, 0) is 51.0 Å². The zero-order valence-electron chi connectivity index (χ0n) is 15.0. The van der Waals surface area contributed by atoms with Crippen molar-refractivity contribution >= 4 is 23.6 Å². The summed E-state index contributed by atoms with van der Waals surface area (Å²) in [5.41, 5.74) is 0.164. The summed E-state index contributed by atoms with van der Waals surface area (Å²) in [4.78, 5) is 35.4. The maximum absolute atomic E-state index is 12.5. The van der Waals surface area contributed by atoms with E-state index in [1.54, 1.807) is 24.3 Å². The van der Waals surface area contributed by atoms with Gasteiger partial charge in [-0.2, -0.15) is 0 Å². The number of carbonyl (C=O) groups excluding carboxylic acids is 2. The van der Waals surface area contributed by atoms with Gasteiger partial charge in [0.25, 0.3) is 5.91 Å². The van der Waals surface area contributed by atoms with Crippen molar-refractivity contribution in [1.29, 1.82) is 0 Å². The predicted octanol–water partition coefficient (Wildman–Crippen LogP) is 1.97. The maximum atomic E-state index is 12.5. The van der Waals surface area contributed by atoms with Gasteiger partial charge in [-0.25, -0.2) is 4.79 Å². The number of amides is 3. The topological polar surface area (TPSA) is 117 Å². The zero-order valence-corrected chi connectivity index (χ0v) is 15.0. The number of nitrogens with one attached hydrogen (secondary N) is 3. The summed E-state index contributed by atoms with van der Waals surface area (Å²) in [5, 5.41) is 17.4. The third-order valence-corrected chi connectivity index (χ3v) is 4.14. The predicted molar refractivity (Wildman–Crippen MR) is 96.2 cm³/mol. The van der Waals surface area contributed by atoms with E-state index in [0.717, 1.165) is 0 Å². The fourth-order valence-electron chi connectivity index (χ4n) is 2.84. The minimum atomic E-state index is -0.956. The Hall–Kier alpha value is -2.61. The van der Waals surface area contributed by atoms with Gasteiger partial charge in [-0.15, -0.1) is 0 Å². The molecule has 0 aromatic heterocycles. The normalized spacial score (nSPS) is 16.0. The van der Waals surface area contributed by atoms with Crippen molar-refractivity contribution < 1.29 is 24.2 Å². The van der Waals surface area contributed by atoms with Crippen LogP contribution in [0.1, 0.15) is 43.5 Å². The quantitative estimate of drug-likeness (QED) is 0.616. The Morgan fingerprint density at radius 3 is 2.31 bits per heavy atom. The van der Waals surface area contributed by atoms with E-state index in [2.05, 4.69) is 16.0 Å². The van der Waals surface area contributed by atoms with Crippen LogP contribution in [-0.4, -0.2) is 47.8 Å². The third kappa shape index (κ3) is 5.73. The Morgan fingerprint density at radius 1 is 1.15 bits per heavy atom. The fourth-order valence-corrected chi connectivity index (χ4v) is 2.84. The molecule has 1 heterocycles. The first kappa shape index (κ1) is 19.7. The van der Waals surface area contributed by atoms with Gasteiger partial charge in [-0.1, -0.05) is 0 Å². The van der Waals surface area contributed by atoms with E-state index in [0.29, 0.717) is 37.3 Å². The van der Waals surface area contributed by atoms with Crippen LogP contribution in [0.15, 0.2) is 24.3 Å². The van der Waals surface area contributed by atoms with Crippen LogP contribution >= 0.6 is 0 Å². The number of hydrogen-bond donors (Lipinski definition) is 4. The Morgan fingerprint density at radius 2 is 1.77 bits per heavy atom. The smallest absolute Gasteiger partial charge is 0.319 e. The van der Waals surface area contributed by atoms with Gasteiger partial charge in [0.2, 0.25) is 0 Å². The lowest BCUT2D eigenvalue weighted by molar-refractivity contribution is -0.139. The van der Waals surface area contributed by atoms with Crippen LogP contribution in [0.5, 0.6) is 0 Å². The van der Waals surface area contributed by atoms with Gasteiger partial charge in [0, 0.05) is 30.5 Å². The van der Waals surface area contributed by atoms with E-state index < -0.39 is 11.5 Å². The van der Waals surface area contributed by atoms with Gasteiger partial charge >= 0.3 is 12.0 Å². The second-order valence-electron chi connectivity index (χ2n) is 6.75. The molecule has 0 atom stereocenters. The minimum Gasteiger partial charge on any atom is -0.481 e. The summed E-state index contributed by atoms with van der Waals surface area (Å²) in [6.07, 6.45) is 0.775. The van der Waals surface area contributed by atoms with Gasteiger partial charge in [-0.3, -0.25) is 9.59 Å². The number of hydrogen-bond acceptors (Lipinski definition) is 4. The van der Waals surface area contributed by atoms with Gasteiger partial charge in [0.1, 0.15) is 0 Å². The number of benzene rings is 1. The van der Waals surface area contributed by atoms with E-state index in [1.165, 1.54) is 0 Å². The minimum absolute atomic E-state index is 0.0185. The molecule has 0 saturated carbocycles.